The number of hydroxylamine groups is 2. The fourth-order valence-corrected chi connectivity index (χ4v) is 0.961. The lowest BCUT2D eigenvalue weighted by atomic mass is 10.1. The van der Waals surface area contributed by atoms with Crippen molar-refractivity contribution in [1.29, 1.82) is 0 Å². The molecule has 1 aromatic rings. The molecule has 0 aliphatic heterocycles. The molecule has 0 aliphatic rings. The Kier molecular flexibility index (Phi) is 2.99. The summed E-state index contributed by atoms with van der Waals surface area (Å²) in [5.74, 6) is -0.519. The summed E-state index contributed by atoms with van der Waals surface area (Å²) in [6.45, 7) is 0. The first-order valence-electron chi connectivity index (χ1n) is 3.80. The van der Waals surface area contributed by atoms with Gasteiger partial charge in [-0.15, -0.1) is 0 Å². The molecule has 1 rings (SSSR count). The molecule has 6 nitrogen and oxygen atoms in total. The number of imidazole rings is 1. The largest absolute Gasteiger partial charge is 0.348 e. The average molecular weight is 184 g/mol. The van der Waals surface area contributed by atoms with Crippen LogP contribution in [0.5, 0.6) is 0 Å². The van der Waals surface area contributed by atoms with Crippen LogP contribution in [0.3, 0.4) is 0 Å². The number of H-pyrrole nitrogens is 1. The zero-order valence-electron chi connectivity index (χ0n) is 7.27. The molecule has 0 saturated carbocycles. The Bertz CT molecular complexity index is 270. The molecule has 1 aromatic heterocycles. The van der Waals surface area contributed by atoms with Gasteiger partial charge in [0.2, 0.25) is 0 Å². The average Bonchev–Trinajstić information content (AvgIpc) is 2.55. The molecule has 13 heavy (non-hydrogen) atoms. The van der Waals surface area contributed by atoms with Gasteiger partial charge < -0.3 is 10.7 Å². The Hall–Kier alpha value is -1.40. The van der Waals surface area contributed by atoms with Crippen molar-refractivity contribution in [3.05, 3.63) is 18.2 Å². The third kappa shape index (κ3) is 2.53. The maximum Gasteiger partial charge on any atom is 0.262 e. The second kappa shape index (κ2) is 4.01. The summed E-state index contributed by atoms with van der Waals surface area (Å²) in [6.07, 6.45) is 3.43. The van der Waals surface area contributed by atoms with Crippen molar-refractivity contribution < 1.29 is 10.0 Å². The summed E-state index contributed by atoms with van der Waals surface area (Å²) in [7, 11) is 1.25. The molecule has 0 spiro atoms. The lowest BCUT2D eigenvalue weighted by Crippen LogP contribution is -2.41. The number of nitrogens with zero attached hydrogens (tertiary/aromatic N) is 2. The Morgan fingerprint density at radius 1 is 1.92 bits per heavy atom. The standard InChI is InChI=1S/C7H12N4O2/c1-11(13)7(12)6(8)2-5-3-9-4-10-5/h3-4,6,13H,2,8H2,1H3,(H,9,10)/t6-/m0/s1. The third-order valence-corrected chi connectivity index (χ3v) is 1.63. The van der Waals surface area contributed by atoms with Crippen LogP contribution in [0.4, 0.5) is 0 Å². The van der Waals surface area contributed by atoms with E-state index in [1.807, 2.05) is 0 Å². The summed E-state index contributed by atoms with van der Waals surface area (Å²) in [5, 5.41) is 9.29. The van der Waals surface area contributed by atoms with E-state index >= 15 is 0 Å². The highest BCUT2D eigenvalue weighted by Gasteiger charge is 2.17. The topological polar surface area (TPSA) is 95.2 Å². The van der Waals surface area contributed by atoms with Crippen molar-refractivity contribution in [3.63, 3.8) is 0 Å². The van der Waals surface area contributed by atoms with Crippen molar-refractivity contribution >= 4 is 5.91 Å². The second-order valence-corrected chi connectivity index (χ2v) is 2.75. The number of carbonyl (C=O) groups excluding carboxylic acids is 1. The molecule has 4 N–H and O–H groups in total. The SMILES string of the molecule is CN(O)C(=O)[C@@H](N)Cc1cnc[nH]1. The number of aromatic amines is 1. The second-order valence-electron chi connectivity index (χ2n) is 2.75. The highest BCUT2D eigenvalue weighted by atomic mass is 16.5. The Morgan fingerprint density at radius 2 is 2.62 bits per heavy atom. The molecule has 1 amide bonds. The van der Waals surface area contributed by atoms with Crippen molar-refractivity contribution in [2.24, 2.45) is 5.73 Å². The minimum atomic E-state index is -0.740. The van der Waals surface area contributed by atoms with E-state index in [1.54, 1.807) is 6.20 Å². The Morgan fingerprint density at radius 3 is 3.08 bits per heavy atom. The van der Waals surface area contributed by atoms with Gasteiger partial charge in [-0.25, -0.2) is 10.0 Å². The van der Waals surface area contributed by atoms with Crippen LogP contribution in [-0.4, -0.2) is 39.2 Å². The fourth-order valence-electron chi connectivity index (χ4n) is 0.961. The summed E-state index contributed by atoms with van der Waals surface area (Å²) in [4.78, 5) is 17.7. The molecule has 0 aromatic carbocycles. The molecule has 0 radical (unpaired) electrons. The number of rotatable bonds is 3. The maximum absolute atomic E-state index is 11.1. The molecule has 1 atom stereocenters. The molecule has 1 heterocycles. The minimum absolute atomic E-state index is 0.337. The van der Waals surface area contributed by atoms with Gasteiger partial charge in [-0.3, -0.25) is 10.0 Å². The first-order valence-corrected chi connectivity index (χ1v) is 3.80. The highest BCUT2D eigenvalue weighted by Crippen LogP contribution is 1.97. The van der Waals surface area contributed by atoms with E-state index in [2.05, 4.69) is 9.97 Å². The molecule has 6 heteroatoms. The van der Waals surface area contributed by atoms with Crippen LogP contribution in [0.1, 0.15) is 5.69 Å². The normalized spacial score (nSPS) is 12.5. The minimum Gasteiger partial charge on any atom is -0.348 e. The van der Waals surface area contributed by atoms with Gasteiger partial charge >= 0.3 is 0 Å². The van der Waals surface area contributed by atoms with E-state index in [4.69, 9.17) is 10.9 Å². The molecule has 0 saturated heterocycles. The summed E-state index contributed by atoms with van der Waals surface area (Å²) in [5.41, 5.74) is 6.28. The predicted molar refractivity (Wildman–Crippen MR) is 44.8 cm³/mol. The van der Waals surface area contributed by atoms with E-state index < -0.39 is 11.9 Å². The maximum atomic E-state index is 11.1. The summed E-state index contributed by atoms with van der Waals surface area (Å²) >= 11 is 0. The van der Waals surface area contributed by atoms with Gasteiger partial charge in [-0.1, -0.05) is 0 Å². The monoisotopic (exact) mass is 184 g/mol. The predicted octanol–water partition coefficient (Wildman–Crippen LogP) is -0.873. The fraction of sp³-hybridized carbons (Fsp3) is 0.429. The van der Waals surface area contributed by atoms with Crippen LogP contribution < -0.4 is 5.73 Å². The zero-order valence-corrected chi connectivity index (χ0v) is 7.27. The number of amides is 1. The van der Waals surface area contributed by atoms with Crippen LogP contribution in [0.15, 0.2) is 12.5 Å². The molecular formula is C7H12N4O2. The molecule has 72 valence electrons. The molecule has 0 bridgehead atoms. The van der Waals surface area contributed by atoms with Gasteiger partial charge in [0.1, 0.15) is 0 Å². The highest BCUT2D eigenvalue weighted by molar-refractivity contribution is 5.80. The van der Waals surface area contributed by atoms with Crippen LogP contribution in [0, 0.1) is 0 Å². The Labute approximate surface area is 75.3 Å². The molecule has 0 fully saturated rings. The van der Waals surface area contributed by atoms with Crippen LogP contribution in [-0.2, 0) is 11.2 Å². The van der Waals surface area contributed by atoms with Gasteiger partial charge in [0, 0.05) is 25.4 Å². The number of aromatic nitrogens is 2. The van der Waals surface area contributed by atoms with Crippen molar-refractivity contribution in [2.75, 3.05) is 7.05 Å². The number of hydrogen-bond donors (Lipinski definition) is 3. The van der Waals surface area contributed by atoms with Crippen molar-refractivity contribution in [2.45, 2.75) is 12.5 Å². The number of carbonyl (C=O) groups is 1. The first-order chi connectivity index (χ1) is 6.11. The van der Waals surface area contributed by atoms with Crippen LogP contribution in [0.2, 0.25) is 0 Å². The molecule has 0 aliphatic carbocycles. The lowest BCUT2D eigenvalue weighted by molar-refractivity contribution is -0.160. The van der Waals surface area contributed by atoms with Crippen molar-refractivity contribution in [3.8, 4) is 0 Å². The van der Waals surface area contributed by atoms with E-state index in [0.29, 0.717) is 11.5 Å². The number of likely N-dealkylation sites (N-methyl/N-ethyl adjacent to an activating group) is 1. The summed E-state index contributed by atoms with van der Waals surface area (Å²) in [6, 6.07) is -0.740. The number of nitrogens with two attached hydrogens (primary N) is 1. The third-order valence-electron chi connectivity index (χ3n) is 1.63. The lowest BCUT2D eigenvalue weighted by Gasteiger charge is -2.13. The van der Waals surface area contributed by atoms with E-state index in [1.165, 1.54) is 13.4 Å². The van der Waals surface area contributed by atoms with Gasteiger partial charge in [-0.05, 0) is 0 Å². The first kappa shape index (κ1) is 9.69. The molecular weight excluding hydrogens is 172 g/mol. The van der Waals surface area contributed by atoms with Gasteiger partial charge in [-0.2, -0.15) is 0 Å². The van der Waals surface area contributed by atoms with Gasteiger partial charge in [0.15, 0.2) is 0 Å². The van der Waals surface area contributed by atoms with Crippen LogP contribution in [0.25, 0.3) is 0 Å². The van der Waals surface area contributed by atoms with Gasteiger partial charge in [0.05, 0.1) is 12.4 Å². The Balaban J connectivity index is 2.51. The number of hydrogen-bond acceptors (Lipinski definition) is 4. The van der Waals surface area contributed by atoms with Crippen molar-refractivity contribution in [1.82, 2.24) is 15.0 Å². The van der Waals surface area contributed by atoms with Crippen LogP contribution >= 0.6 is 0 Å². The quantitative estimate of drug-likeness (QED) is 0.420. The van der Waals surface area contributed by atoms with E-state index in [-0.39, 0.29) is 0 Å². The van der Waals surface area contributed by atoms with E-state index in [9.17, 15) is 4.79 Å². The zero-order chi connectivity index (χ0) is 9.84. The number of nitrogens with one attached hydrogen (secondary N) is 1. The molecule has 0 unspecified atom stereocenters. The van der Waals surface area contributed by atoms with E-state index in [0.717, 1.165) is 5.69 Å². The van der Waals surface area contributed by atoms with Gasteiger partial charge in [0.25, 0.3) is 5.91 Å². The summed E-state index contributed by atoms with van der Waals surface area (Å²) < 4.78 is 0. The smallest absolute Gasteiger partial charge is 0.262 e.